The Hall–Kier alpha value is -0.550. The summed E-state index contributed by atoms with van der Waals surface area (Å²) in [4.78, 5) is 0. The van der Waals surface area contributed by atoms with Crippen LogP contribution in [-0.2, 0) is 0 Å². The smallest absolute Gasteiger partial charge is 0.0950 e. The molecule has 1 atom stereocenters. The van der Waals surface area contributed by atoms with Gasteiger partial charge in [-0.25, -0.2) is 0 Å². The fourth-order valence-electron chi connectivity index (χ4n) is 5.14. The van der Waals surface area contributed by atoms with E-state index in [2.05, 4.69) is 11.4 Å². The highest BCUT2D eigenvalue weighted by atomic mass is 14.9. The minimum Gasteiger partial charge on any atom is -0.305 e. The van der Waals surface area contributed by atoms with Gasteiger partial charge in [0.1, 0.15) is 0 Å². The number of nitriles is 1. The van der Waals surface area contributed by atoms with Crippen LogP contribution in [0.5, 0.6) is 0 Å². The first kappa shape index (κ1) is 11.5. The van der Waals surface area contributed by atoms with Crippen molar-refractivity contribution >= 4 is 0 Å². The first-order chi connectivity index (χ1) is 8.30. The molecule has 0 heterocycles. The van der Waals surface area contributed by atoms with Gasteiger partial charge in [0.2, 0.25) is 0 Å². The van der Waals surface area contributed by atoms with Crippen LogP contribution in [0, 0.1) is 40.9 Å². The Kier molecular flexibility index (Phi) is 3.13. The summed E-state index contributed by atoms with van der Waals surface area (Å²) in [5, 5.41) is 12.1. The predicted molar refractivity (Wildman–Crippen MR) is 68.2 cm³/mol. The van der Waals surface area contributed by atoms with Gasteiger partial charge in [0.05, 0.1) is 12.1 Å². The molecule has 2 nitrogen and oxygen atoms in total. The van der Waals surface area contributed by atoms with Crippen LogP contribution >= 0.6 is 0 Å². The summed E-state index contributed by atoms with van der Waals surface area (Å²) in [5.74, 6) is 5.13. The zero-order valence-electron chi connectivity index (χ0n) is 10.9. The van der Waals surface area contributed by atoms with Crippen molar-refractivity contribution in [2.24, 2.45) is 29.6 Å². The maximum absolute atomic E-state index is 9.00. The van der Waals surface area contributed by atoms with E-state index in [9.17, 15) is 0 Å². The summed E-state index contributed by atoms with van der Waals surface area (Å²) >= 11 is 0. The second-order valence-electron chi connectivity index (χ2n) is 6.64. The van der Waals surface area contributed by atoms with Crippen LogP contribution in [0.4, 0.5) is 0 Å². The molecule has 17 heavy (non-hydrogen) atoms. The van der Waals surface area contributed by atoms with Gasteiger partial charge in [-0.05, 0) is 81.6 Å². The number of hydrogen-bond donors (Lipinski definition) is 1. The molecule has 0 spiro atoms. The van der Waals surface area contributed by atoms with Gasteiger partial charge in [-0.3, -0.25) is 0 Å². The molecule has 0 saturated heterocycles. The van der Waals surface area contributed by atoms with Crippen LogP contribution in [0.25, 0.3) is 0 Å². The number of nitrogens with zero attached hydrogens (tertiary/aromatic N) is 1. The van der Waals surface area contributed by atoms with Crippen LogP contribution < -0.4 is 5.32 Å². The lowest BCUT2D eigenvalue weighted by Gasteiger charge is -2.54. The SMILES string of the molecule is CNC(C#N)CCC1C2CC3CC(C2)CC1C3. The van der Waals surface area contributed by atoms with E-state index >= 15 is 0 Å². The molecule has 0 aromatic heterocycles. The topological polar surface area (TPSA) is 35.8 Å². The van der Waals surface area contributed by atoms with Crippen molar-refractivity contribution in [1.82, 2.24) is 5.32 Å². The van der Waals surface area contributed by atoms with Gasteiger partial charge in [-0.2, -0.15) is 5.26 Å². The van der Waals surface area contributed by atoms with Crippen molar-refractivity contribution in [2.75, 3.05) is 7.05 Å². The zero-order chi connectivity index (χ0) is 11.8. The number of nitrogens with one attached hydrogen (secondary N) is 1. The third-order valence-electron chi connectivity index (χ3n) is 5.71. The Bertz CT molecular complexity index is 289. The summed E-state index contributed by atoms with van der Waals surface area (Å²) in [6.07, 6.45) is 9.91. The van der Waals surface area contributed by atoms with Crippen LogP contribution in [0.15, 0.2) is 0 Å². The summed E-state index contributed by atoms with van der Waals surface area (Å²) in [5.41, 5.74) is 0. The van der Waals surface area contributed by atoms with Crippen molar-refractivity contribution < 1.29 is 0 Å². The second kappa shape index (κ2) is 4.61. The molecule has 4 saturated carbocycles. The third-order valence-corrected chi connectivity index (χ3v) is 5.71. The van der Waals surface area contributed by atoms with Crippen LogP contribution in [0.2, 0.25) is 0 Å². The van der Waals surface area contributed by atoms with Gasteiger partial charge in [0, 0.05) is 0 Å². The molecule has 0 aromatic carbocycles. The largest absolute Gasteiger partial charge is 0.305 e. The van der Waals surface area contributed by atoms with Crippen molar-refractivity contribution in [3.05, 3.63) is 0 Å². The van der Waals surface area contributed by atoms with E-state index in [4.69, 9.17) is 5.26 Å². The second-order valence-corrected chi connectivity index (χ2v) is 6.64. The third kappa shape index (κ3) is 2.10. The van der Waals surface area contributed by atoms with Gasteiger partial charge in [-0.1, -0.05) is 0 Å². The lowest BCUT2D eigenvalue weighted by molar-refractivity contribution is -0.0406. The van der Waals surface area contributed by atoms with Gasteiger partial charge in [0.25, 0.3) is 0 Å². The summed E-state index contributed by atoms with van der Waals surface area (Å²) in [6.45, 7) is 0. The molecule has 2 heteroatoms. The molecule has 4 aliphatic rings. The quantitative estimate of drug-likeness (QED) is 0.809. The monoisotopic (exact) mass is 232 g/mol. The summed E-state index contributed by atoms with van der Waals surface area (Å²) < 4.78 is 0. The highest BCUT2D eigenvalue weighted by Gasteiger charge is 2.47. The first-order valence-electron chi connectivity index (χ1n) is 7.37. The Morgan fingerprint density at radius 1 is 1.12 bits per heavy atom. The van der Waals surface area contributed by atoms with E-state index in [1.165, 1.54) is 38.5 Å². The Labute approximate surface area is 105 Å². The summed E-state index contributed by atoms with van der Waals surface area (Å²) in [7, 11) is 1.91. The molecule has 0 amide bonds. The molecule has 1 N–H and O–H groups in total. The predicted octanol–water partition coefficient (Wildman–Crippen LogP) is 2.95. The van der Waals surface area contributed by atoms with E-state index in [1.54, 1.807) is 0 Å². The number of hydrogen-bond acceptors (Lipinski definition) is 2. The molecule has 0 radical (unpaired) electrons. The molecule has 4 aliphatic carbocycles. The van der Waals surface area contributed by atoms with Crippen LogP contribution in [0.3, 0.4) is 0 Å². The lowest BCUT2D eigenvalue weighted by atomic mass is 9.51. The maximum atomic E-state index is 9.00. The van der Waals surface area contributed by atoms with E-state index < -0.39 is 0 Å². The normalized spacial score (nSPS) is 44.6. The van der Waals surface area contributed by atoms with E-state index in [1.807, 2.05) is 7.05 Å². The molecule has 94 valence electrons. The van der Waals surface area contributed by atoms with Gasteiger partial charge in [-0.15, -0.1) is 0 Å². The highest BCUT2D eigenvalue weighted by Crippen LogP contribution is 2.57. The average molecular weight is 232 g/mol. The van der Waals surface area contributed by atoms with Gasteiger partial charge < -0.3 is 5.32 Å². The minimum atomic E-state index is 0.0761. The molecular weight excluding hydrogens is 208 g/mol. The first-order valence-corrected chi connectivity index (χ1v) is 7.37. The van der Waals surface area contributed by atoms with E-state index in [0.29, 0.717) is 0 Å². The van der Waals surface area contributed by atoms with Crippen molar-refractivity contribution in [1.29, 1.82) is 5.26 Å². The fourth-order valence-corrected chi connectivity index (χ4v) is 5.14. The Morgan fingerprint density at radius 2 is 1.71 bits per heavy atom. The lowest BCUT2D eigenvalue weighted by Crippen LogP contribution is -2.45. The number of rotatable bonds is 4. The molecule has 1 unspecified atom stereocenters. The average Bonchev–Trinajstić information content (AvgIpc) is 2.32. The molecule has 4 rings (SSSR count). The molecular formula is C15H24N2. The standard InChI is InChI=1S/C15H24N2/c1-17-14(9-16)2-3-15-12-5-10-4-11(7-12)8-13(15)6-10/h10-15,17H,2-8H2,1H3. The molecule has 4 bridgehead atoms. The van der Waals surface area contributed by atoms with Gasteiger partial charge >= 0.3 is 0 Å². The zero-order valence-corrected chi connectivity index (χ0v) is 10.9. The maximum Gasteiger partial charge on any atom is 0.0950 e. The van der Waals surface area contributed by atoms with Crippen molar-refractivity contribution in [3.8, 4) is 6.07 Å². The van der Waals surface area contributed by atoms with Crippen molar-refractivity contribution in [3.63, 3.8) is 0 Å². The summed E-state index contributed by atoms with van der Waals surface area (Å²) in [6, 6.07) is 2.44. The molecule has 0 aliphatic heterocycles. The minimum absolute atomic E-state index is 0.0761. The van der Waals surface area contributed by atoms with Crippen LogP contribution in [0.1, 0.15) is 44.9 Å². The van der Waals surface area contributed by atoms with Crippen molar-refractivity contribution in [2.45, 2.75) is 51.0 Å². The Balaban J connectivity index is 1.59. The Morgan fingerprint density at radius 3 is 2.18 bits per heavy atom. The van der Waals surface area contributed by atoms with Gasteiger partial charge in [0.15, 0.2) is 0 Å². The highest BCUT2D eigenvalue weighted by molar-refractivity contribution is 4.99. The van der Waals surface area contributed by atoms with Crippen LogP contribution in [-0.4, -0.2) is 13.1 Å². The van der Waals surface area contributed by atoms with E-state index in [-0.39, 0.29) is 6.04 Å². The fraction of sp³-hybridized carbons (Fsp3) is 0.933. The van der Waals surface area contributed by atoms with E-state index in [0.717, 1.165) is 36.0 Å². The molecule has 0 aromatic rings. The molecule has 4 fully saturated rings.